The monoisotopic (exact) mass is 333 g/mol. The largest absolute Gasteiger partial charge is 0.354 e. The minimum absolute atomic E-state index is 0.760. The number of hydrogen-bond acceptors (Lipinski definition) is 3. The minimum atomic E-state index is 0.760. The van der Waals surface area contributed by atoms with Crippen molar-refractivity contribution in [3.05, 3.63) is 47.9 Å². The fraction of sp³-hybridized carbons (Fsp3) is 0.300. The van der Waals surface area contributed by atoms with Crippen molar-refractivity contribution in [2.75, 3.05) is 13.6 Å². The van der Waals surface area contributed by atoms with Crippen LogP contribution in [0.2, 0.25) is 0 Å². The van der Waals surface area contributed by atoms with E-state index in [0.29, 0.717) is 0 Å². The van der Waals surface area contributed by atoms with Crippen molar-refractivity contribution in [1.29, 1.82) is 0 Å². The number of aromatic amines is 2. The molecule has 0 aliphatic heterocycles. The molecule has 5 nitrogen and oxygen atoms in total. The van der Waals surface area contributed by atoms with Crippen molar-refractivity contribution in [3.63, 3.8) is 0 Å². The van der Waals surface area contributed by atoms with E-state index < -0.39 is 0 Å². The summed E-state index contributed by atoms with van der Waals surface area (Å²) in [6.07, 6.45) is 2.99. The molecule has 0 radical (unpaired) electrons. The lowest BCUT2D eigenvalue weighted by atomic mass is 10.1. The number of imidazole rings is 1. The van der Waals surface area contributed by atoms with E-state index in [4.69, 9.17) is 0 Å². The number of nitrogens with one attached hydrogen (secondary N) is 2. The number of pyridine rings is 1. The van der Waals surface area contributed by atoms with Crippen molar-refractivity contribution in [2.45, 2.75) is 26.8 Å². The molecule has 0 atom stereocenters. The number of aryl methyl sites for hydroxylation is 1. The van der Waals surface area contributed by atoms with Crippen molar-refractivity contribution in [3.8, 4) is 11.3 Å². The van der Waals surface area contributed by atoms with Gasteiger partial charge >= 0.3 is 0 Å². The summed E-state index contributed by atoms with van der Waals surface area (Å²) in [7, 11) is 2.17. The molecule has 5 heteroatoms. The molecular weight excluding hydrogens is 310 g/mol. The highest BCUT2D eigenvalue weighted by Crippen LogP contribution is 2.29. The molecule has 2 N–H and O–H groups in total. The van der Waals surface area contributed by atoms with E-state index in [1.54, 1.807) is 0 Å². The molecule has 4 aromatic rings. The highest BCUT2D eigenvalue weighted by Gasteiger charge is 2.11. The zero-order chi connectivity index (χ0) is 17.4. The highest BCUT2D eigenvalue weighted by atomic mass is 15.1. The lowest BCUT2D eigenvalue weighted by molar-refractivity contribution is 0.327. The average molecular weight is 333 g/mol. The first kappa shape index (κ1) is 15.8. The maximum atomic E-state index is 4.43. The van der Waals surface area contributed by atoms with Gasteiger partial charge in [0.25, 0.3) is 0 Å². The fourth-order valence-corrected chi connectivity index (χ4v) is 3.44. The predicted molar refractivity (Wildman–Crippen MR) is 103 cm³/mol. The van der Waals surface area contributed by atoms with Gasteiger partial charge in [-0.15, -0.1) is 0 Å². The van der Waals surface area contributed by atoms with Gasteiger partial charge in [-0.05, 0) is 50.7 Å². The Morgan fingerprint density at radius 3 is 2.84 bits per heavy atom. The van der Waals surface area contributed by atoms with Crippen molar-refractivity contribution in [2.24, 2.45) is 0 Å². The van der Waals surface area contributed by atoms with Crippen LogP contribution in [0.4, 0.5) is 0 Å². The standard InChI is InChI=1S/C20H23N5/c1-4-9-25(3)12-14-5-6-15-11-18(24-17(15)10-14)16-7-8-21-20-19(16)22-13(2)23-20/h5-8,10-11,24H,4,9,12H2,1-3H3,(H,21,22,23). The maximum absolute atomic E-state index is 4.43. The van der Waals surface area contributed by atoms with Crippen LogP contribution in [0.25, 0.3) is 33.3 Å². The van der Waals surface area contributed by atoms with E-state index in [-0.39, 0.29) is 0 Å². The Labute approximate surface area is 147 Å². The number of H-pyrrole nitrogens is 2. The maximum Gasteiger partial charge on any atom is 0.178 e. The van der Waals surface area contributed by atoms with E-state index in [0.717, 1.165) is 41.3 Å². The van der Waals surface area contributed by atoms with Gasteiger partial charge < -0.3 is 14.9 Å². The third-order valence-corrected chi connectivity index (χ3v) is 4.55. The Morgan fingerprint density at radius 1 is 1.12 bits per heavy atom. The number of hydrogen-bond donors (Lipinski definition) is 2. The number of benzene rings is 1. The quantitative estimate of drug-likeness (QED) is 0.574. The molecule has 0 saturated heterocycles. The van der Waals surface area contributed by atoms with E-state index >= 15 is 0 Å². The summed E-state index contributed by atoms with van der Waals surface area (Å²) >= 11 is 0. The zero-order valence-corrected chi connectivity index (χ0v) is 14.9. The van der Waals surface area contributed by atoms with Crippen molar-refractivity contribution in [1.82, 2.24) is 24.8 Å². The fourth-order valence-electron chi connectivity index (χ4n) is 3.44. The van der Waals surface area contributed by atoms with Gasteiger partial charge in [0.1, 0.15) is 5.82 Å². The molecule has 4 rings (SSSR count). The van der Waals surface area contributed by atoms with E-state index in [9.17, 15) is 0 Å². The summed E-state index contributed by atoms with van der Waals surface area (Å²) < 4.78 is 0. The van der Waals surface area contributed by atoms with Crippen molar-refractivity contribution >= 4 is 22.1 Å². The van der Waals surface area contributed by atoms with Crippen LogP contribution in [0.1, 0.15) is 24.7 Å². The summed E-state index contributed by atoms with van der Waals surface area (Å²) in [4.78, 5) is 18.0. The molecule has 0 aliphatic carbocycles. The van der Waals surface area contributed by atoms with Crippen LogP contribution in [0, 0.1) is 6.92 Å². The predicted octanol–water partition coefficient (Wildman–Crippen LogP) is 4.26. The Morgan fingerprint density at radius 2 is 2.00 bits per heavy atom. The SMILES string of the molecule is CCCN(C)Cc1ccc2cc(-c3ccnc4nc(C)[nH]c34)[nH]c2c1. The third-order valence-electron chi connectivity index (χ3n) is 4.55. The van der Waals surface area contributed by atoms with Crippen LogP contribution < -0.4 is 0 Å². The number of nitrogens with zero attached hydrogens (tertiary/aromatic N) is 3. The van der Waals surface area contributed by atoms with Crippen LogP contribution in [0.5, 0.6) is 0 Å². The molecule has 0 aliphatic rings. The summed E-state index contributed by atoms with van der Waals surface area (Å²) in [5.74, 6) is 0.882. The normalized spacial score (nSPS) is 11.8. The Balaban J connectivity index is 1.73. The molecule has 0 spiro atoms. The van der Waals surface area contributed by atoms with E-state index in [1.165, 1.54) is 22.9 Å². The molecule has 0 amide bonds. The number of rotatable bonds is 5. The first-order valence-electron chi connectivity index (χ1n) is 8.76. The summed E-state index contributed by atoms with van der Waals surface area (Å²) in [5.41, 5.74) is 6.43. The lowest BCUT2D eigenvalue weighted by Crippen LogP contribution is -2.18. The van der Waals surface area contributed by atoms with Gasteiger partial charge in [0.15, 0.2) is 5.65 Å². The van der Waals surface area contributed by atoms with Gasteiger partial charge in [-0.3, -0.25) is 0 Å². The molecule has 3 heterocycles. The Hall–Kier alpha value is -2.66. The molecule has 0 bridgehead atoms. The van der Waals surface area contributed by atoms with E-state index in [1.807, 2.05) is 19.2 Å². The smallest absolute Gasteiger partial charge is 0.178 e. The van der Waals surface area contributed by atoms with Crippen LogP contribution >= 0.6 is 0 Å². The second kappa shape index (κ2) is 6.33. The first-order chi connectivity index (χ1) is 12.1. The first-order valence-corrected chi connectivity index (χ1v) is 8.76. The van der Waals surface area contributed by atoms with Crippen molar-refractivity contribution < 1.29 is 0 Å². The van der Waals surface area contributed by atoms with Gasteiger partial charge in [-0.25, -0.2) is 9.97 Å². The molecule has 1 aromatic carbocycles. The summed E-state index contributed by atoms with van der Waals surface area (Å²) in [5, 5.41) is 1.22. The highest BCUT2D eigenvalue weighted by molar-refractivity contribution is 5.94. The van der Waals surface area contributed by atoms with Gasteiger partial charge in [-0.2, -0.15) is 0 Å². The van der Waals surface area contributed by atoms with Crippen LogP contribution in [-0.2, 0) is 6.54 Å². The average Bonchev–Trinajstić information content (AvgIpc) is 3.16. The lowest BCUT2D eigenvalue weighted by Gasteiger charge is -2.15. The minimum Gasteiger partial charge on any atom is -0.354 e. The summed E-state index contributed by atoms with van der Waals surface area (Å²) in [6.45, 7) is 6.25. The molecule has 128 valence electrons. The van der Waals surface area contributed by atoms with Gasteiger partial charge in [0, 0.05) is 34.9 Å². The van der Waals surface area contributed by atoms with Crippen LogP contribution in [0.15, 0.2) is 36.5 Å². The molecule has 0 unspecified atom stereocenters. The second-order valence-corrected chi connectivity index (χ2v) is 6.72. The van der Waals surface area contributed by atoms with Gasteiger partial charge in [0.05, 0.1) is 5.52 Å². The Bertz CT molecular complexity index is 1030. The second-order valence-electron chi connectivity index (χ2n) is 6.72. The Kier molecular flexibility index (Phi) is 4.01. The van der Waals surface area contributed by atoms with Gasteiger partial charge in [0.2, 0.25) is 0 Å². The van der Waals surface area contributed by atoms with Gasteiger partial charge in [-0.1, -0.05) is 19.1 Å². The topological polar surface area (TPSA) is 60.6 Å². The molecular formula is C20H23N5. The number of fused-ring (bicyclic) bond motifs is 2. The molecule has 3 aromatic heterocycles. The summed E-state index contributed by atoms with van der Waals surface area (Å²) in [6, 6.07) is 10.9. The molecule has 25 heavy (non-hydrogen) atoms. The van der Waals surface area contributed by atoms with E-state index in [2.05, 4.69) is 63.1 Å². The van der Waals surface area contributed by atoms with Crippen LogP contribution in [-0.4, -0.2) is 38.4 Å². The number of aromatic nitrogens is 4. The molecule has 0 fully saturated rings. The molecule has 0 saturated carbocycles. The zero-order valence-electron chi connectivity index (χ0n) is 14.9. The third kappa shape index (κ3) is 3.03. The van der Waals surface area contributed by atoms with Crippen LogP contribution in [0.3, 0.4) is 0 Å².